The number of primary amides is 1. The summed E-state index contributed by atoms with van der Waals surface area (Å²) >= 11 is 0. The van der Waals surface area contributed by atoms with Crippen LogP contribution in [-0.4, -0.2) is 35.5 Å². The Balaban J connectivity index is 2.04. The first-order valence-corrected chi connectivity index (χ1v) is 7.28. The van der Waals surface area contributed by atoms with E-state index in [0.29, 0.717) is 12.3 Å². The monoisotopic (exact) mass is 277 g/mol. The predicted molar refractivity (Wildman–Crippen MR) is 79.6 cm³/mol. The maximum absolute atomic E-state index is 11.0. The van der Waals surface area contributed by atoms with Crippen LogP contribution in [0.25, 0.3) is 0 Å². The van der Waals surface area contributed by atoms with Gasteiger partial charge in [-0.3, -0.25) is 4.79 Å². The number of aromatic nitrogens is 2. The first-order valence-electron chi connectivity index (χ1n) is 7.28. The van der Waals surface area contributed by atoms with Gasteiger partial charge in [0.15, 0.2) is 11.6 Å². The normalized spacial score (nSPS) is 19.4. The van der Waals surface area contributed by atoms with Gasteiger partial charge in [0.25, 0.3) is 0 Å². The summed E-state index contributed by atoms with van der Waals surface area (Å²) in [5, 5.41) is 3.25. The third-order valence-electron chi connectivity index (χ3n) is 3.66. The molecule has 6 heteroatoms. The Bertz CT molecular complexity index is 451. The van der Waals surface area contributed by atoms with Crippen molar-refractivity contribution in [3.63, 3.8) is 0 Å². The summed E-state index contributed by atoms with van der Waals surface area (Å²) in [4.78, 5) is 22.1. The molecule has 0 spiro atoms. The van der Waals surface area contributed by atoms with Crippen molar-refractivity contribution in [1.82, 2.24) is 9.97 Å². The van der Waals surface area contributed by atoms with E-state index in [1.54, 1.807) is 12.4 Å². The number of nitrogens with one attached hydrogen (secondary N) is 1. The molecule has 1 fully saturated rings. The molecule has 1 amide bonds. The number of amides is 1. The lowest BCUT2D eigenvalue weighted by molar-refractivity contribution is -0.118. The number of carbonyl (C=O) groups excluding carboxylic acids is 1. The molecule has 1 aromatic rings. The second kappa shape index (κ2) is 7.07. The lowest BCUT2D eigenvalue weighted by Crippen LogP contribution is -2.27. The number of carbonyl (C=O) groups is 1. The molecule has 20 heavy (non-hydrogen) atoms. The van der Waals surface area contributed by atoms with E-state index in [4.69, 9.17) is 5.73 Å². The van der Waals surface area contributed by atoms with Crippen LogP contribution in [0.4, 0.5) is 11.6 Å². The van der Waals surface area contributed by atoms with Crippen LogP contribution in [0.1, 0.15) is 32.6 Å². The van der Waals surface area contributed by atoms with Gasteiger partial charge in [0.05, 0.1) is 0 Å². The maximum Gasteiger partial charge on any atom is 0.217 e. The van der Waals surface area contributed by atoms with Crippen molar-refractivity contribution in [2.75, 3.05) is 29.9 Å². The fourth-order valence-electron chi connectivity index (χ4n) is 2.72. The second-order valence-electron chi connectivity index (χ2n) is 5.21. The van der Waals surface area contributed by atoms with Crippen LogP contribution < -0.4 is 16.0 Å². The highest BCUT2D eigenvalue weighted by atomic mass is 16.1. The third kappa shape index (κ3) is 3.82. The van der Waals surface area contributed by atoms with Crippen LogP contribution in [0.15, 0.2) is 12.4 Å². The van der Waals surface area contributed by atoms with E-state index in [1.165, 1.54) is 0 Å². The van der Waals surface area contributed by atoms with Gasteiger partial charge in [0.2, 0.25) is 5.91 Å². The lowest BCUT2D eigenvalue weighted by atomic mass is 9.97. The molecule has 1 aliphatic heterocycles. The molecular formula is C14H23N5O. The van der Waals surface area contributed by atoms with Crippen LogP contribution in [0, 0.1) is 5.92 Å². The molecule has 6 nitrogen and oxygen atoms in total. The van der Waals surface area contributed by atoms with Crippen molar-refractivity contribution in [2.45, 2.75) is 32.6 Å². The molecule has 0 radical (unpaired) electrons. The highest BCUT2D eigenvalue weighted by molar-refractivity contribution is 5.74. The Hall–Kier alpha value is -1.85. The molecular weight excluding hydrogens is 254 g/mol. The summed E-state index contributed by atoms with van der Waals surface area (Å²) in [6.45, 7) is 4.72. The quantitative estimate of drug-likeness (QED) is 0.849. The topological polar surface area (TPSA) is 84.1 Å². The highest BCUT2D eigenvalue weighted by Crippen LogP contribution is 2.26. The zero-order valence-corrected chi connectivity index (χ0v) is 12.0. The third-order valence-corrected chi connectivity index (χ3v) is 3.66. The fraction of sp³-hybridized carbons (Fsp3) is 0.643. The molecule has 1 aromatic heterocycles. The molecule has 2 rings (SSSR count). The number of nitrogens with zero attached hydrogens (tertiary/aromatic N) is 3. The van der Waals surface area contributed by atoms with Crippen molar-refractivity contribution in [3.05, 3.63) is 12.4 Å². The summed E-state index contributed by atoms with van der Waals surface area (Å²) in [7, 11) is 0. The Morgan fingerprint density at radius 1 is 1.40 bits per heavy atom. The molecule has 0 bridgehead atoms. The molecule has 110 valence electrons. The van der Waals surface area contributed by atoms with Crippen molar-refractivity contribution < 1.29 is 4.79 Å². The van der Waals surface area contributed by atoms with Gasteiger partial charge in [-0.05, 0) is 32.1 Å². The van der Waals surface area contributed by atoms with E-state index in [9.17, 15) is 4.79 Å². The van der Waals surface area contributed by atoms with Gasteiger partial charge < -0.3 is 16.0 Å². The van der Waals surface area contributed by atoms with Crippen LogP contribution in [0.3, 0.4) is 0 Å². The van der Waals surface area contributed by atoms with Crippen molar-refractivity contribution in [1.29, 1.82) is 0 Å². The highest BCUT2D eigenvalue weighted by Gasteiger charge is 2.21. The molecule has 0 aromatic carbocycles. The van der Waals surface area contributed by atoms with Gasteiger partial charge in [-0.15, -0.1) is 0 Å². The maximum atomic E-state index is 11.0. The van der Waals surface area contributed by atoms with Gasteiger partial charge >= 0.3 is 0 Å². The van der Waals surface area contributed by atoms with Gasteiger partial charge in [0.1, 0.15) is 0 Å². The minimum atomic E-state index is -0.198. The van der Waals surface area contributed by atoms with Crippen molar-refractivity contribution >= 4 is 17.5 Å². The van der Waals surface area contributed by atoms with Gasteiger partial charge in [-0.1, -0.05) is 0 Å². The molecule has 1 saturated heterocycles. The van der Waals surface area contributed by atoms with E-state index in [0.717, 1.165) is 50.5 Å². The largest absolute Gasteiger partial charge is 0.370 e. The van der Waals surface area contributed by atoms with Crippen molar-refractivity contribution in [3.8, 4) is 0 Å². The van der Waals surface area contributed by atoms with Crippen LogP contribution >= 0.6 is 0 Å². The van der Waals surface area contributed by atoms with E-state index in [-0.39, 0.29) is 5.91 Å². The first kappa shape index (κ1) is 14.6. The minimum Gasteiger partial charge on any atom is -0.370 e. The molecule has 3 N–H and O–H groups in total. The molecule has 1 atom stereocenters. The minimum absolute atomic E-state index is 0.198. The number of anilines is 2. The number of nitrogens with two attached hydrogens (primary N) is 1. The smallest absolute Gasteiger partial charge is 0.217 e. The predicted octanol–water partition coefficient (Wildman–Crippen LogP) is 1.39. The SMILES string of the molecule is CCNc1nccnc1N1CCCC(CC(N)=O)CC1. The number of hydrogen-bond donors (Lipinski definition) is 2. The summed E-state index contributed by atoms with van der Waals surface area (Å²) in [6, 6.07) is 0. The molecule has 1 unspecified atom stereocenters. The molecule has 2 heterocycles. The lowest BCUT2D eigenvalue weighted by Gasteiger charge is -2.23. The standard InChI is InChI=1S/C14H23N5O/c1-2-16-13-14(18-7-6-17-13)19-8-3-4-11(5-9-19)10-12(15)20/h6-7,11H,2-5,8-10H2,1H3,(H2,15,20)(H,16,17). The first-order chi connectivity index (χ1) is 9.70. The molecule has 1 aliphatic rings. The summed E-state index contributed by atoms with van der Waals surface area (Å²) < 4.78 is 0. The number of rotatable bonds is 5. The number of hydrogen-bond acceptors (Lipinski definition) is 5. The molecule has 0 aliphatic carbocycles. The fourth-order valence-corrected chi connectivity index (χ4v) is 2.72. The summed E-state index contributed by atoms with van der Waals surface area (Å²) in [6.07, 6.45) is 7.01. The average Bonchev–Trinajstić information content (AvgIpc) is 2.65. The van der Waals surface area contributed by atoms with Crippen LogP contribution in [0.5, 0.6) is 0 Å². The van der Waals surface area contributed by atoms with Gasteiger partial charge in [-0.2, -0.15) is 0 Å². The van der Waals surface area contributed by atoms with Crippen LogP contribution in [-0.2, 0) is 4.79 Å². The van der Waals surface area contributed by atoms with Gasteiger partial charge in [-0.25, -0.2) is 9.97 Å². The van der Waals surface area contributed by atoms with Crippen LogP contribution in [0.2, 0.25) is 0 Å². The zero-order chi connectivity index (χ0) is 14.4. The van der Waals surface area contributed by atoms with Crippen molar-refractivity contribution in [2.24, 2.45) is 11.7 Å². The van der Waals surface area contributed by atoms with E-state index >= 15 is 0 Å². The Kier molecular flexibility index (Phi) is 5.15. The van der Waals surface area contributed by atoms with E-state index in [2.05, 4.69) is 20.2 Å². The summed E-state index contributed by atoms with van der Waals surface area (Å²) in [5.74, 6) is 1.95. The second-order valence-corrected chi connectivity index (χ2v) is 5.21. The Labute approximate surface area is 119 Å². The average molecular weight is 277 g/mol. The Morgan fingerprint density at radius 2 is 2.20 bits per heavy atom. The zero-order valence-electron chi connectivity index (χ0n) is 12.0. The summed E-state index contributed by atoms with van der Waals surface area (Å²) in [5.41, 5.74) is 5.30. The Morgan fingerprint density at radius 3 is 2.95 bits per heavy atom. The van der Waals surface area contributed by atoms with E-state index < -0.39 is 0 Å². The molecule has 0 saturated carbocycles. The van der Waals surface area contributed by atoms with Gasteiger partial charge in [0, 0.05) is 38.4 Å². The van der Waals surface area contributed by atoms with E-state index in [1.807, 2.05) is 6.92 Å².